The second-order valence-electron chi connectivity index (χ2n) is 7.61. The number of anilines is 1. The molecule has 2 aromatic heterocycles. The molecule has 0 aliphatic heterocycles. The van der Waals surface area contributed by atoms with Gasteiger partial charge in [-0.2, -0.15) is 0 Å². The first-order valence-electron chi connectivity index (χ1n) is 10.2. The molecule has 0 aliphatic carbocycles. The van der Waals surface area contributed by atoms with Gasteiger partial charge in [-0.1, -0.05) is 43.4 Å². The number of aryl methyl sites for hydroxylation is 1. The summed E-state index contributed by atoms with van der Waals surface area (Å²) in [6.07, 6.45) is 8.79. The minimum atomic E-state index is -0.223. The number of amides is 1. The zero-order valence-electron chi connectivity index (χ0n) is 17.4. The predicted molar refractivity (Wildman–Crippen MR) is 118 cm³/mol. The molecule has 8 heteroatoms. The molecule has 3 aromatic rings. The fraction of sp³-hybridized carbons (Fsp3) is 0.409. The van der Waals surface area contributed by atoms with Crippen LogP contribution >= 0.6 is 11.3 Å². The number of benzene rings is 1. The monoisotopic (exact) mass is 429 g/mol. The highest BCUT2D eigenvalue weighted by Crippen LogP contribution is 2.25. The molecule has 6 nitrogen and oxygen atoms in total. The van der Waals surface area contributed by atoms with Gasteiger partial charge in [-0.05, 0) is 24.8 Å². The van der Waals surface area contributed by atoms with E-state index in [0.29, 0.717) is 29.4 Å². The van der Waals surface area contributed by atoms with Gasteiger partial charge >= 0.3 is 0 Å². The number of thiazole rings is 1. The number of hydrogen-bond acceptors (Lipinski definition) is 5. The van der Waals surface area contributed by atoms with Gasteiger partial charge in [0.05, 0.1) is 12.5 Å². The van der Waals surface area contributed by atoms with Crippen LogP contribution in [0.15, 0.2) is 49.2 Å². The highest BCUT2D eigenvalue weighted by atomic mass is 32.1. The van der Waals surface area contributed by atoms with Gasteiger partial charge in [0.25, 0.3) is 5.91 Å². The molecule has 1 N–H and O–H groups in total. The molecule has 1 aromatic carbocycles. The molecule has 0 spiro atoms. The van der Waals surface area contributed by atoms with Crippen molar-refractivity contribution in [1.29, 1.82) is 0 Å². The Hall–Kier alpha value is -2.74. The smallest absolute Gasteiger partial charge is 0.263 e. The van der Waals surface area contributed by atoms with Crippen LogP contribution in [-0.4, -0.2) is 33.5 Å². The van der Waals surface area contributed by atoms with Crippen molar-refractivity contribution in [2.45, 2.75) is 39.8 Å². The Morgan fingerprint density at radius 2 is 2.17 bits per heavy atom. The number of nitrogens with one attached hydrogen (secondary N) is 1. The lowest BCUT2D eigenvalue weighted by molar-refractivity contribution is 0.0956. The van der Waals surface area contributed by atoms with Crippen LogP contribution in [-0.2, 0) is 13.1 Å². The molecular weight excluding hydrogens is 401 g/mol. The largest absolute Gasteiger partial charge is 0.351 e. The first-order chi connectivity index (χ1) is 14.5. The summed E-state index contributed by atoms with van der Waals surface area (Å²) in [6.45, 7) is 6.89. The highest BCUT2D eigenvalue weighted by Gasteiger charge is 2.17. The van der Waals surface area contributed by atoms with Gasteiger partial charge in [-0.15, -0.1) is 0 Å². The molecule has 160 valence electrons. The zero-order valence-corrected chi connectivity index (χ0v) is 18.2. The third kappa shape index (κ3) is 6.38. The maximum Gasteiger partial charge on any atom is 0.263 e. The summed E-state index contributed by atoms with van der Waals surface area (Å²) in [4.78, 5) is 23.6. The number of imidazole rings is 1. The van der Waals surface area contributed by atoms with Crippen LogP contribution in [0.1, 0.15) is 41.9 Å². The van der Waals surface area contributed by atoms with Crippen molar-refractivity contribution < 1.29 is 9.18 Å². The lowest BCUT2D eigenvalue weighted by atomic mass is 10.1. The molecule has 0 fully saturated rings. The number of carbonyl (C=O) groups is 1. The van der Waals surface area contributed by atoms with Crippen LogP contribution < -0.4 is 10.2 Å². The number of aromatic nitrogens is 3. The molecule has 0 bridgehead atoms. The lowest BCUT2D eigenvalue weighted by Gasteiger charge is -2.23. The first-order valence-corrected chi connectivity index (χ1v) is 11.0. The molecule has 0 radical (unpaired) electrons. The van der Waals surface area contributed by atoms with E-state index in [4.69, 9.17) is 0 Å². The quantitative estimate of drug-likeness (QED) is 0.460. The number of hydrogen-bond donors (Lipinski definition) is 1. The summed E-state index contributed by atoms with van der Waals surface area (Å²) in [6, 6.07) is 6.79. The number of carbonyl (C=O) groups excluding carboxylic acids is 1. The Labute approximate surface area is 180 Å². The van der Waals surface area contributed by atoms with Gasteiger partial charge in [-0.3, -0.25) is 4.79 Å². The van der Waals surface area contributed by atoms with Crippen LogP contribution in [0.3, 0.4) is 0 Å². The van der Waals surface area contributed by atoms with Crippen molar-refractivity contribution in [3.05, 3.63) is 65.4 Å². The average molecular weight is 430 g/mol. The van der Waals surface area contributed by atoms with Gasteiger partial charge in [0.2, 0.25) is 0 Å². The Morgan fingerprint density at radius 1 is 1.33 bits per heavy atom. The Bertz CT molecular complexity index is 925. The molecule has 0 aliphatic rings. The van der Waals surface area contributed by atoms with E-state index in [1.807, 2.05) is 16.8 Å². The normalized spacial score (nSPS) is 11.1. The molecule has 1 amide bonds. The zero-order chi connectivity index (χ0) is 21.3. The molecular formula is C22H28FN5OS. The second kappa shape index (κ2) is 10.9. The maximum absolute atomic E-state index is 14.2. The van der Waals surface area contributed by atoms with Crippen LogP contribution in [0.25, 0.3) is 0 Å². The maximum atomic E-state index is 14.2. The van der Waals surface area contributed by atoms with Crippen LogP contribution in [0.4, 0.5) is 9.52 Å². The van der Waals surface area contributed by atoms with Gasteiger partial charge in [0, 0.05) is 44.1 Å². The molecule has 0 saturated carbocycles. The molecule has 0 unspecified atom stereocenters. The minimum absolute atomic E-state index is 0.126. The summed E-state index contributed by atoms with van der Waals surface area (Å²) < 4.78 is 16.1. The molecule has 0 atom stereocenters. The third-order valence-corrected chi connectivity index (χ3v) is 5.78. The SMILES string of the molecule is CC(C)CCN(Cc1ccccc1F)c1ncc(C(=O)NCCCn2ccnc2)s1. The Kier molecular flexibility index (Phi) is 7.96. The summed E-state index contributed by atoms with van der Waals surface area (Å²) >= 11 is 1.35. The van der Waals surface area contributed by atoms with Crippen molar-refractivity contribution in [3.63, 3.8) is 0 Å². The van der Waals surface area contributed by atoms with Crippen LogP contribution in [0, 0.1) is 11.7 Å². The lowest BCUT2D eigenvalue weighted by Crippen LogP contribution is -2.25. The number of nitrogens with zero attached hydrogens (tertiary/aromatic N) is 4. The van der Waals surface area contributed by atoms with Gasteiger partial charge in [0.1, 0.15) is 10.7 Å². The standard InChI is InChI=1S/C22H28FN5OS/c1-17(2)8-12-28(15-18-6-3-4-7-19(18)23)22-26-14-20(30-22)21(29)25-9-5-11-27-13-10-24-16-27/h3-4,6-7,10,13-14,16-17H,5,8-9,11-12,15H2,1-2H3,(H,25,29). The van der Waals surface area contributed by atoms with E-state index in [9.17, 15) is 9.18 Å². The van der Waals surface area contributed by atoms with Crippen molar-refractivity contribution >= 4 is 22.4 Å². The molecule has 3 rings (SSSR count). The highest BCUT2D eigenvalue weighted by molar-refractivity contribution is 7.17. The topological polar surface area (TPSA) is 63.1 Å². The van der Waals surface area contributed by atoms with E-state index in [2.05, 4.69) is 34.0 Å². The summed E-state index contributed by atoms with van der Waals surface area (Å²) in [5.41, 5.74) is 0.627. The van der Waals surface area contributed by atoms with Gasteiger partial charge in [-0.25, -0.2) is 14.4 Å². The molecule has 2 heterocycles. The summed E-state index contributed by atoms with van der Waals surface area (Å²) in [5, 5.41) is 3.68. The van der Waals surface area contributed by atoms with E-state index < -0.39 is 0 Å². The van der Waals surface area contributed by atoms with Crippen molar-refractivity contribution in [3.8, 4) is 0 Å². The molecule has 30 heavy (non-hydrogen) atoms. The van der Waals surface area contributed by atoms with Crippen molar-refractivity contribution in [2.24, 2.45) is 5.92 Å². The average Bonchev–Trinajstić information content (AvgIpc) is 3.42. The van der Waals surface area contributed by atoms with E-state index in [0.717, 1.165) is 31.1 Å². The third-order valence-electron chi connectivity index (χ3n) is 4.72. The first kappa shape index (κ1) is 22.0. The van der Waals surface area contributed by atoms with Crippen LogP contribution in [0.2, 0.25) is 0 Å². The van der Waals surface area contributed by atoms with Crippen LogP contribution in [0.5, 0.6) is 0 Å². The van der Waals surface area contributed by atoms with Crippen molar-refractivity contribution in [1.82, 2.24) is 19.9 Å². The van der Waals surface area contributed by atoms with E-state index in [1.165, 1.54) is 17.4 Å². The van der Waals surface area contributed by atoms with Gasteiger partial charge < -0.3 is 14.8 Å². The van der Waals surface area contributed by atoms with Gasteiger partial charge in [0.15, 0.2) is 5.13 Å². The predicted octanol–water partition coefficient (Wildman–Crippen LogP) is 4.35. The Balaban J connectivity index is 1.60. The fourth-order valence-corrected chi connectivity index (χ4v) is 3.83. The Morgan fingerprint density at radius 3 is 2.90 bits per heavy atom. The molecule has 0 saturated heterocycles. The van der Waals surface area contributed by atoms with E-state index >= 15 is 0 Å². The minimum Gasteiger partial charge on any atom is -0.351 e. The summed E-state index contributed by atoms with van der Waals surface area (Å²) in [5.74, 6) is 0.171. The second-order valence-corrected chi connectivity index (χ2v) is 8.62. The van der Waals surface area contributed by atoms with E-state index in [-0.39, 0.29) is 11.7 Å². The fourth-order valence-electron chi connectivity index (χ4n) is 2.97. The van der Waals surface area contributed by atoms with E-state index in [1.54, 1.807) is 30.9 Å². The summed E-state index contributed by atoms with van der Waals surface area (Å²) in [7, 11) is 0. The number of halogens is 1. The van der Waals surface area contributed by atoms with Crippen molar-refractivity contribution in [2.75, 3.05) is 18.0 Å². The number of rotatable bonds is 11.